The Bertz CT molecular complexity index is 1480. The molecule has 0 amide bonds. The number of benzene rings is 3. The van der Waals surface area contributed by atoms with Crippen molar-refractivity contribution in [2.45, 2.75) is 104 Å². The Labute approximate surface area is 303 Å². The van der Waals surface area contributed by atoms with Crippen molar-refractivity contribution in [3.05, 3.63) is 84.8 Å². The van der Waals surface area contributed by atoms with Crippen LogP contribution in [0.15, 0.2) is 66.7 Å². The first-order valence-corrected chi connectivity index (χ1v) is 20.4. The number of hydrogen-bond acceptors (Lipinski definition) is 4. The molecule has 5 heteroatoms. The van der Waals surface area contributed by atoms with E-state index in [1.807, 2.05) is 29.5 Å². The second kappa shape index (κ2) is 22.3. The first-order valence-electron chi connectivity index (χ1n) is 17.9. The molecule has 0 aliphatic heterocycles. The number of alkyl halides is 1. The minimum absolute atomic E-state index is 0.225. The summed E-state index contributed by atoms with van der Waals surface area (Å²) in [6.07, 6.45) is 16.1. The molecule has 0 unspecified atom stereocenters. The molecule has 1 heterocycles. The predicted octanol–water partition coefficient (Wildman–Crippen LogP) is 9.35. The lowest BCUT2D eigenvalue weighted by Gasteiger charge is -2.22. The zero-order valence-electron chi connectivity index (χ0n) is 29.5. The maximum atomic E-state index is 12.6. The van der Waals surface area contributed by atoms with E-state index in [0.29, 0.717) is 12.2 Å². The topological polar surface area (TPSA) is 29.5 Å². The fourth-order valence-corrected chi connectivity index (χ4v) is 6.79. The summed E-state index contributed by atoms with van der Waals surface area (Å²) < 4.78 is 6.76. The second-order valence-corrected chi connectivity index (χ2v) is 14.8. The molecular weight excluding hydrogens is 709 g/mol. The number of carbonyl (C=O) groups excluding carboxylic acids is 1. The standard InChI is InChI=1S/C39H51NO2S.C3H7I/c1-5-7-9-11-13-15-25-40(4)36-22-21-33(27-30(36)3)37-23-24-38(43-37)34-19-17-32-29-35(20-18-31(32)28-34)39(41)42-26-16-14-12-10-8-6-2;1-2-3-4/h17-24,27-29H,5-16,25-26H2,1-4H3;4H,1-3H2. The maximum Gasteiger partial charge on any atom is 0.338 e. The van der Waals surface area contributed by atoms with Crippen LogP contribution >= 0.6 is 11.3 Å². The maximum absolute atomic E-state index is 12.6. The van der Waals surface area contributed by atoms with Gasteiger partial charge in [-0.15, -0.1) is 17.8 Å². The molecule has 1 aromatic heterocycles. The van der Waals surface area contributed by atoms with Crippen LogP contribution in [-0.2, 0) is 4.74 Å². The van der Waals surface area contributed by atoms with Crippen molar-refractivity contribution in [1.82, 2.24) is 0 Å². The largest absolute Gasteiger partial charge is 0.462 e. The van der Waals surface area contributed by atoms with Gasteiger partial charge in [-0.05, 0) is 89.7 Å². The minimum atomic E-state index is -0.225. The van der Waals surface area contributed by atoms with Gasteiger partial charge in [0.1, 0.15) is 4.43 Å². The van der Waals surface area contributed by atoms with Crippen molar-refractivity contribution in [2.24, 2.45) is 0 Å². The monoisotopic (exact) mass is 767 g/mol. The highest BCUT2D eigenvalue weighted by Crippen LogP contribution is 2.37. The van der Waals surface area contributed by atoms with Gasteiger partial charge in [0.2, 0.25) is 22.6 Å². The van der Waals surface area contributed by atoms with E-state index in [1.54, 1.807) is 0 Å². The molecule has 0 N–H and O–H groups in total. The normalized spacial score (nSPS) is 10.9. The van der Waals surface area contributed by atoms with Crippen molar-refractivity contribution in [3.8, 4) is 20.9 Å². The van der Waals surface area contributed by atoms with Gasteiger partial charge in [0.15, 0.2) is 0 Å². The van der Waals surface area contributed by atoms with E-state index in [9.17, 15) is 4.79 Å². The number of esters is 1. The number of halogens is 1. The first-order chi connectivity index (χ1) is 22.9. The number of carbonyl (C=O) groups is 1. The van der Waals surface area contributed by atoms with Gasteiger partial charge in [0.05, 0.1) is 12.2 Å². The van der Waals surface area contributed by atoms with Crippen LogP contribution in [0.4, 0.5) is 5.69 Å². The SMILES string of the molecule is CCCCCCCCOC(=O)c1ccc2cc(-c3ccc(-c4ccc(N(C)CCCCCCCC)c(C)c4)s3)ccc2c1.[CH2-]CC[IH+]. The quantitative estimate of drug-likeness (QED) is 0.0313. The number of hydrogen-bond donors (Lipinski definition) is 0. The Morgan fingerprint density at radius 1 is 0.745 bits per heavy atom. The molecule has 0 fully saturated rings. The zero-order valence-corrected chi connectivity index (χ0v) is 32.6. The summed E-state index contributed by atoms with van der Waals surface area (Å²) in [5.74, 6) is -0.225. The number of anilines is 1. The fourth-order valence-electron chi connectivity index (χ4n) is 5.79. The Kier molecular flexibility index (Phi) is 18.5. The molecule has 0 saturated heterocycles. The third-order valence-electron chi connectivity index (χ3n) is 8.58. The molecule has 256 valence electrons. The number of aryl methyl sites for hydroxylation is 1. The van der Waals surface area contributed by atoms with Crippen LogP contribution in [0.1, 0.15) is 113 Å². The molecule has 0 radical (unpaired) electrons. The van der Waals surface area contributed by atoms with Crippen molar-refractivity contribution >= 4 is 33.8 Å². The van der Waals surface area contributed by atoms with Crippen molar-refractivity contribution in [2.75, 3.05) is 29.5 Å². The summed E-state index contributed by atoms with van der Waals surface area (Å²) in [4.78, 5) is 17.5. The third kappa shape index (κ3) is 13.2. The number of unbranched alkanes of at least 4 members (excludes halogenated alkanes) is 10. The van der Waals surface area contributed by atoms with Crippen molar-refractivity contribution < 1.29 is 32.1 Å². The lowest BCUT2D eigenvalue weighted by molar-refractivity contribution is -0.366. The predicted molar refractivity (Wildman–Crippen MR) is 204 cm³/mol. The van der Waals surface area contributed by atoms with Gasteiger partial charge in [-0.3, -0.25) is 0 Å². The number of thiophene rings is 1. The third-order valence-corrected chi connectivity index (χ3v) is 10.6. The van der Waals surface area contributed by atoms with E-state index in [2.05, 4.69) is 111 Å². The molecule has 3 aromatic carbocycles. The fraction of sp³-hybridized carbons (Fsp3) is 0.476. The van der Waals surface area contributed by atoms with Gasteiger partial charge in [0.25, 0.3) is 0 Å². The van der Waals surface area contributed by atoms with Crippen LogP contribution in [0, 0.1) is 13.8 Å². The van der Waals surface area contributed by atoms with Gasteiger partial charge in [0, 0.05) is 29.0 Å². The van der Waals surface area contributed by atoms with E-state index >= 15 is 0 Å². The number of nitrogens with zero attached hydrogens (tertiary/aromatic N) is 1. The van der Waals surface area contributed by atoms with Gasteiger partial charge >= 0.3 is 5.97 Å². The first kappa shape index (κ1) is 39.1. The molecule has 0 saturated carbocycles. The van der Waals surface area contributed by atoms with Crippen LogP contribution in [0.5, 0.6) is 0 Å². The summed E-state index contributed by atoms with van der Waals surface area (Å²) in [5, 5.41) is 2.19. The van der Waals surface area contributed by atoms with Crippen LogP contribution in [0.25, 0.3) is 31.7 Å². The Morgan fingerprint density at radius 3 is 1.94 bits per heavy atom. The summed E-state index contributed by atoms with van der Waals surface area (Å²) >= 11 is 3.89. The molecule has 3 nitrogen and oxygen atoms in total. The molecule has 0 bridgehead atoms. The molecule has 0 aliphatic rings. The van der Waals surface area contributed by atoms with E-state index in [1.165, 1.54) is 101 Å². The summed E-state index contributed by atoms with van der Waals surface area (Å²) in [6.45, 7) is 11.9. The molecule has 4 aromatic rings. The van der Waals surface area contributed by atoms with Crippen LogP contribution < -0.4 is 27.5 Å². The zero-order chi connectivity index (χ0) is 33.9. The molecule has 0 aliphatic carbocycles. The van der Waals surface area contributed by atoms with Gasteiger partial charge in [-0.1, -0.05) is 102 Å². The Balaban J connectivity index is 0.00000142. The highest BCUT2D eigenvalue weighted by atomic mass is 127. The average molecular weight is 768 g/mol. The summed E-state index contributed by atoms with van der Waals surface area (Å²) in [6, 6.07) is 23.7. The van der Waals surface area contributed by atoms with Crippen LogP contribution in [-0.4, -0.2) is 30.6 Å². The van der Waals surface area contributed by atoms with Crippen molar-refractivity contribution in [1.29, 1.82) is 0 Å². The van der Waals surface area contributed by atoms with Crippen molar-refractivity contribution in [3.63, 3.8) is 0 Å². The summed E-state index contributed by atoms with van der Waals surface area (Å²) in [7, 11) is 2.22. The highest BCUT2D eigenvalue weighted by molar-refractivity contribution is 7.18. The lowest BCUT2D eigenvalue weighted by atomic mass is 10.0. The van der Waals surface area contributed by atoms with Gasteiger partial charge in [-0.25, -0.2) is 4.79 Å². The highest BCUT2D eigenvalue weighted by Gasteiger charge is 2.12. The number of ether oxygens (including phenoxy) is 1. The molecule has 47 heavy (non-hydrogen) atoms. The molecule has 4 rings (SSSR count). The molecular formula is C42H58INO2S. The van der Waals surface area contributed by atoms with E-state index in [4.69, 9.17) is 4.74 Å². The summed E-state index contributed by atoms with van der Waals surface area (Å²) in [5.41, 5.74) is 5.76. The Morgan fingerprint density at radius 2 is 1.30 bits per heavy atom. The van der Waals surface area contributed by atoms with E-state index in [-0.39, 0.29) is 5.97 Å². The van der Waals surface area contributed by atoms with Gasteiger partial charge < -0.3 is 16.6 Å². The second-order valence-electron chi connectivity index (χ2n) is 12.6. The Hall–Kier alpha value is -2.38. The smallest absolute Gasteiger partial charge is 0.338 e. The van der Waals surface area contributed by atoms with E-state index < -0.39 is 0 Å². The molecule has 0 atom stereocenters. The minimum Gasteiger partial charge on any atom is -0.462 e. The lowest BCUT2D eigenvalue weighted by Crippen LogP contribution is -3.35. The van der Waals surface area contributed by atoms with Crippen LogP contribution in [0.2, 0.25) is 0 Å². The van der Waals surface area contributed by atoms with Gasteiger partial charge in [-0.2, -0.15) is 0 Å². The number of rotatable bonds is 19. The number of fused-ring (bicyclic) bond motifs is 1. The average Bonchev–Trinajstić information content (AvgIpc) is 3.59. The van der Waals surface area contributed by atoms with Crippen LogP contribution in [0.3, 0.4) is 0 Å². The van der Waals surface area contributed by atoms with E-state index in [0.717, 1.165) is 36.6 Å². The molecule has 0 spiro atoms.